The van der Waals surface area contributed by atoms with Gasteiger partial charge in [0.25, 0.3) is 0 Å². The van der Waals surface area contributed by atoms with Crippen molar-refractivity contribution in [3.63, 3.8) is 0 Å². The van der Waals surface area contributed by atoms with Crippen LogP contribution in [-0.4, -0.2) is 43.6 Å². The Bertz CT molecular complexity index is 378. The number of ether oxygens (including phenoxy) is 2. The van der Waals surface area contributed by atoms with Crippen LogP contribution in [0.4, 0.5) is 0 Å². The summed E-state index contributed by atoms with van der Waals surface area (Å²) in [6, 6.07) is 8.37. The van der Waals surface area contributed by atoms with Crippen molar-refractivity contribution >= 4 is 0 Å². The fraction of sp³-hybridized carbons (Fsp3) is 0.667. The summed E-state index contributed by atoms with van der Waals surface area (Å²) in [4.78, 5) is 0. The molecule has 0 unspecified atom stereocenters. The molecule has 0 aliphatic heterocycles. The van der Waals surface area contributed by atoms with Crippen LogP contribution >= 0.6 is 0 Å². The second kappa shape index (κ2) is 11.5. The molecule has 0 aliphatic rings. The molecule has 0 saturated carbocycles. The largest absolute Gasteiger partial charge is 0.491 e. The van der Waals surface area contributed by atoms with Crippen molar-refractivity contribution in [3.8, 4) is 5.75 Å². The zero-order valence-electron chi connectivity index (χ0n) is 14.2. The third-order valence-electron chi connectivity index (χ3n) is 3.30. The third-order valence-corrected chi connectivity index (χ3v) is 3.30. The number of aliphatic hydroxyl groups excluding tert-OH is 1. The maximum absolute atomic E-state index is 9.80. The lowest BCUT2D eigenvalue weighted by atomic mass is 10.1. The molecule has 0 spiro atoms. The molecule has 22 heavy (non-hydrogen) atoms. The number of hydrogen-bond acceptors (Lipinski definition) is 4. The molecule has 1 aromatic rings. The molecule has 0 amide bonds. The SMILES string of the molecule is CCCCOCCc1ccc(OC[C@@H](O)CNC(C)C)cc1. The van der Waals surface area contributed by atoms with Gasteiger partial charge in [0.15, 0.2) is 0 Å². The number of unbranched alkanes of at least 4 members (excludes halogenated alkanes) is 1. The monoisotopic (exact) mass is 309 g/mol. The minimum Gasteiger partial charge on any atom is -0.491 e. The molecule has 1 rings (SSSR count). The highest BCUT2D eigenvalue weighted by Gasteiger charge is 2.06. The summed E-state index contributed by atoms with van der Waals surface area (Å²) in [6.07, 6.45) is 2.73. The number of rotatable bonds is 12. The molecule has 126 valence electrons. The number of benzene rings is 1. The van der Waals surface area contributed by atoms with Gasteiger partial charge in [-0.15, -0.1) is 0 Å². The fourth-order valence-electron chi connectivity index (χ4n) is 1.91. The van der Waals surface area contributed by atoms with Crippen molar-refractivity contribution in [3.05, 3.63) is 29.8 Å². The predicted octanol–water partition coefficient (Wildman–Crippen LogP) is 2.78. The summed E-state index contributed by atoms with van der Waals surface area (Å²) in [6.45, 7) is 8.73. The van der Waals surface area contributed by atoms with Crippen molar-refractivity contribution in [1.29, 1.82) is 0 Å². The molecular weight excluding hydrogens is 278 g/mol. The zero-order valence-corrected chi connectivity index (χ0v) is 14.2. The average Bonchev–Trinajstić information content (AvgIpc) is 2.52. The summed E-state index contributed by atoms with van der Waals surface area (Å²) in [5.41, 5.74) is 1.24. The van der Waals surface area contributed by atoms with Crippen LogP contribution in [0.25, 0.3) is 0 Å². The van der Waals surface area contributed by atoms with Gasteiger partial charge in [-0.05, 0) is 30.5 Å². The van der Waals surface area contributed by atoms with E-state index < -0.39 is 6.10 Å². The van der Waals surface area contributed by atoms with Crippen LogP contribution in [0, 0.1) is 0 Å². The molecule has 0 aromatic heterocycles. The first-order valence-electron chi connectivity index (χ1n) is 8.32. The summed E-state index contributed by atoms with van der Waals surface area (Å²) in [7, 11) is 0. The van der Waals surface area contributed by atoms with Crippen molar-refractivity contribution < 1.29 is 14.6 Å². The first kappa shape index (κ1) is 18.9. The molecule has 0 heterocycles. The number of hydrogen-bond donors (Lipinski definition) is 2. The van der Waals surface area contributed by atoms with Gasteiger partial charge in [0.05, 0.1) is 6.61 Å². The van der Waals surface area contributed by atoms with Gasteiger partial charge in [0.1, 0.15) is 18.5 Å². The molecule has 1 aromatic carbocycles. The van der Waals surface area contributed by atoms with Crippen LogP contribution in [-0.2, 0) is 11.2 Å². The molecule has 0 radical (unpaired) electrons. The van der Waals surface area contributed by atoms with Gasteiger partial charge in [-0.1, -0.05) is 39.3 Å². The quantitative estimate of drug-likeness (QED) is 0.583. The summed E-state index contributed by atoms with van der Waals surface area (Å²) in [5.74, 6) is 0.791. The van der Waals surface area contributed by atoms with Crippen LogP contribution in [0.2, 0.25) is 0 Å². The van der Waals surface area contributed by atoms with Crippen molar-refractivity contribution in [2.75, 3.05) is 26.4 Å². The van der Waals surface area contributed by atoms with E-state index in [2.05, 4.69) is 38.2 Å². The third kappa shape index (κ3) is 9.03. The molecule has 4 nitrogen and oxygen atoms in total. The van der Waals surface area contributed by atoms with E-state index in [0.29, 0.717) is 19.2 Å². The van der Waals surface area contributed by atoms with E-state index >= 15 is 0 Å². The van der Waals surface area contributed by atoms with Crippen molar-refractivity contribution in [2.45, 2.75) is 52.2 Å². The molecule has 1 atom stereocenters. The fourth-order valence-corrected chi connectivity index (χ4v) is 1.91. The second-order valence-corrected chi connectivity index (χ2v) is 5.89. The Hall–Kier alpha value is -1.10. The molecule has 0 aliphatic carbocycles. The van der Waals surface area contributed by atoms with Crippen molar-refractivity contribution in [2.24, 2.45) is 0 Å². The highest BCUT2D eigenvalue weighted by molar-refractivity contribution is 5.27. The van der Waals surface area contributed by atoms with Gasteiger partial charge in [-0.2, -0.15) is 0 Å². The second-order valence-electron chi connectivity index (χ2n) is 5.89. The average molecular weight is 309 g/mol. The molecule has 0 saturated heterocycles. The topological polar surface area (TPSA) is 50.7 Å². The van der Waals surface area contributed by atoms with Gasteiger partial charge in [-0.3, -0.25) is 0 Å². The normalized spacial score (nSPS) is 12.6. The maximum Gasteiger partial charge on any atom is 0.119 e. The van der Waals surface area contributed by atoms with Crippen LogP contribution in [0.15, 0.2) is 24.3 Å². The van der Waals surface area contributed by atoms with E-state index in [9.17, 15) is 5.11 Å². The van der Waals surface area contributed by atoms with Gasteiger partial charge in [0, 0.05) is 19.2 Å². The summed E-state index contributed by atoms with van der Waals surface area (Å²) >= 11 is 0. The minimum atomic E-state index is -0.492. The van der Waals surface area contributed by atoms with E-state index in [1.165, 1.54) is 12.0 Å². The van der Waals surface area contributed by atoms with E-state index in [1.54, 1.807) is 0 Å². The first-order valence-corrected chi connectivity index (χ1v) is 8.32. The Morgan fingerprint density at radius 1 is 1.14 bits per heavy atom. The Balaban J connectivity index is 2.21. The highest BCUT2D eigenvalue weighted by Crippen LogP contribution is 2.13. The van der Waals surface area contributed by atoms with E-state index in [-0.39, 0.29) is 0 Å². The van der Waals surface area contributed by atoms with Crippen LogP contribution in [0.3, 0.4) is 0 Å². The molecule has 2 N–H and O–H groups in total. The van der Waals surface area contributed by atoms with Gasteiger partial charge < -0.3 is 19.9 Å². The van der Waals surface area contributed by atoms with Crippen LogP contribution in [0.5, 0.6) is 5.75 Å². The van der Waals surface area contributed by atoms with E-state index in [1.807, 2.05) is 12.1 Å². The lowest BCUT2D eigenvalue weighted by Gasteiger charge is -2.15. The predicted molar refractivity (Wildman–Crippen MR) is 90.5 cm³/mol. The van der Waals surface area contributed by atoms with Crippen LogP contribution in [0.1, 0.15) is 39.2 Å². The first-order chi connectivity index (χ1) is 10.6. The Labute approximate surface area is 134 Å². The molecular formula is C18H31NO3. The smallest absolute Gasteiger partial charge is 0.119 e. The minimum absolute atomic E-state index is 0.305. The Morgan fingerprint density at radius 2 is 1.86 bits per heavy atom. The summed E-state index contributed by atoms with van der Waals surface area (Å²) in [5, 5.41) is 13.0. The zero-order chi connectivity index (χ0) is 16.2. The molecule has 0 fully saturated rings. The van der Waals surface area contributed by atoms with E-state index in [4.69, 9.17) is 9.47 Å². The van der Waals surface area contributed by atoms with Gasteiger partial charge >= 0.3 is 0 Å². The molecule has 0 bridgehead atoms. The lowest BCUT2D eigenvalue weighted by molar-refractivity contribution is 0.104. The van der Waals surface area contributed by atoms with Gasteiger partial charge in [-0.25, -0.2) is 0 Å². The summed E-state index contributed by atoms with van der Waals surface area (Å²) < 4.78 is 11.2. The highest BCUT2D eigenvalue weighted by atomic mass is 16.5. The molecule has 4 heteroatoms. The number of aliphatic hydroxyl groups is 1. The Morgan fingerprint density at radius 3 is 2.50 bits per heavy atom. The maximum atomic E-state index is 9.80. The lowest BCUT2D eigenvalue weighted by Crippen LogP contribution is -2.35. The van der Waals surface area contributed by atoms with Crippen LogP contribution < -0.4 is 10.1 Å². The van der Waals surface area contributed by atoms with Gasteiger partial charge in [0.2, 0.25) is 0 Å². The standard InChI is InChI=1S/C18H31NO3/c1-4-5-11-21-12-10-16-6-8-18(9-7-16)22-14-17(20)13-19-15(2)3/h6-9,15,17,19-20H,4-5,10-14H2,1-3H3/t17-/m0/s1. The van der Waals surface area contributed by atoms with Crippen molar-refractivity contribution in [1.82, 2.24) is 5.32 Å². The number of nitrogens with one attached hydrogen (secondary N) is 1. The Kier molecular flexibility index (Phi) is 9.87. The van der Waals surface area contributed by atoms with E-state index in [0.717, 1.165) is 31.8 Å².